The Morgan fingerprint density at radius 1 is 1.29 bits per heavy atom. The Labute approximate surface area is 207 Å². The highest BCUT2D eigenvalue weighted by atomic mass is 19.1. The van der Waals surface area contributed by atoms with Crippen molar-refractivity contribution in [1.29, 1.82) is 0 Å². The Balaban J connectivity index is 1.52. The minimum absolute atomic E-state index is 0.111. The molecule has 2 aliphatic heterocycles. The van der Waals surface area contributed by atoms with Gasteiger partial charge >= 0.3 is 6.03 Å². The molecule has 2 aromatic rings. The first-order chi connectivity index (χ1) is 16.9. The molecule has 1 N–H and O–H groups in total. The summed E-state index contributed by atoms with van der Waals surface area (Å²) in [6, 6.07) is 7.06. The van der Waals surface area contributed by atoms with Gasteiger partial charge in [-0.3, -0.25) is 9.88 Å². The number of aromatic nitrogens is 2. The Morgan fingerprint density at radius 2 is 2.11 bits per heavy atom. The number of hydrogen-bond donors (Lipinski definition) is 1. The quantitative estimate of drug-likeness (QED) is 0.429. The van der Waals surface area contributed by atoms with Crippen molar-refractivity contribution in [2.24, 2.45) is 5.92 Å². The van der Waals surface area contributed by atoms with Crippen molar-refractivity contribution in [3.63, 3.8) is 0 Å². The van der Waals surface area contributed by atoms with Crippen molar-refractivity contribution in [1.82, 2.24) is 15.3 Å². The summed E-state index contributed by atoms with van der Waals surface area (Å²) in [5.74, 6) is 0.677. The number of nitrogens with one attached hydrogen (secondary N) is 1. The van der Waals surface area contributed by atoms with Crippen LogP contribution in [0.2, 0.25) is 0 Å². The zero-order chi connectivity index (χ0) is 24.9. The topological polar surface area (TPSA) is 61.4 Å². The standard InChI is InChI=1S/C28H34FN5O/c1-5-21-16-19(3)11-14-33(18-21)26-10-13-30-27-23(26)12-15-34(27)28(35)32-25(6-2)24(29)17-22-9-7-8-20(4)31-22/h6-10,13,17,21H,3,5,11-12,14-16,18H2,1-2,4H3,(H,32,35)/b24-17+,25-6+/t21-/m1/s1. The third kappa shape index (κ3) is 5.61. The number of carbonyl (C=O) groups is 1. The maximum absolute atomic E-state index is 15.0. The number of urea groups is 1. The number of pyridine rings is 2. The predicted octanol–water partition coefficient (Wildman–Crippen LogP) is 5.95. The first kappa shape index (κ1) is 24.6. The van der Waals surface area contributed by atoms with Gasteiger partial charge in [-0.2, -0.15) is 0 Å². The van der Waals surface area contributed by atoms with Crippen LogP contribution >= 0.6 is 0 Å². The van der Waals surface area contributed by atoms with Crippen LogP contribution < -0.4 is 15.1 Å². The number of fused-ring (bicyclic) bond motifs is 1. The Kier molecular flexibility index (Phi) is 7.63. The normalized spacial score (nSPS) is 19.0. The van der Waals surface area contributed by atoms with Crippen LogP contribution in [0.1, 0.15) is 50.1 Å². The van der Waals surface area contributed by atoms with Gasteiger partial charge in [0.2, 0.25) is 0 Å². The molecule has 6 nitrogen and oxygen atoms in total. The highest BCUT2D eigenvalue weighted by molar-refractivity contribution is 5.95. The van der Waals surface area contributed by atoms with Gasteiger partial charge in [0, 0.05) is 48.9 Å². The first-order valence-electron chi connectivity index (χ1n) is 12.3. The highest BCUT2D eigenvalue weighted by Gasteiger charge is 2.31. The number of halogens is 1. The summed E-state index contributed by atoms with van der Waals surface area (Å²) in [5, 5.41) is 2.73. The molecule has 0 aromatic carbocycles. The van der Waals surface area contributed by atoms with E-state index in [0.717, 1.165) is 55.7 Å². The number of anilines is 2. The molecule has 0 radical (unpaired) electrons. The number of hydrogen-bond acceptors (Lipinski definition) is 4. The molecule has 184 valence electrons. The van der Waals surface area contributed by atoms with E-state index in [1.54, 1.807) is 30.2 Å². The molecule has 0 aliphatic carbocycles. The average molecular weight is 476 g/mol. The van der Waals surface area contributed by atoms with Crippen LogP contribution in [-0.2, 0) is 6.42 Å². The Morgan fingerprint density at radius 3 is 2.86 bits per heavy atom. The van der Waals surface area contributed by atoms with Gasteiger partial charge in [-0.1, -0.05) is 37.6 Å². The lowest BCUT2D eigenvalue weighted by Gasteiger charge is -2.28. The summed E-state index contributed by atoms with van der Waals surface area (Å²) in [6.07, 6.45) is 8.52. The van der Waals surface area contributed by atoms with E-state index in [4.69, 9.17) is 0 Å². The number of carbonyl (C=O) groups excluding carboxylic acids is 1. The van der Waals surface area contributed by atoms with E-state index in [1.165, 1.54) is 11.6 Å². The second kappa shape index (κ2) is 10.8. The van der Waals surface area contributed by atoms with Crippen molar-refractivity contribution >= 4 is 23.6 Å². The molecule has 4 heterocycles. The minimum atomic E-state index is -0.546. The summed E-state index contributed by atoms with van der Waals surface area (Å²) in [5.41, 5.74) is 4.93. The van der Waals surface area contributed by atoms with Gasteiger partial charge in [0.25, 0.3) is 0 Å². The monoisotopic (exact) mass is 475 g/mol. The summed E-state index contributed by atoms with van der Waals surface area (Å²) in [4.78, 5) is 26.0. The molecule has 0 spiro atoms. The number of aryl methyl sites for hydroxylation is 1. The fraction of sp³-hybridized carbons (Fsp3) is 0.393. The van der Waals surface area contributed by atoms with Crippen LogP contribution in [0.25, 0.3) is 6.08 Å². The van der Waals surface area contributed by atoms with Crippen molar-refractivity contribution in [3.8, 4) is 0 Å². The summed E-state index contributed by atoms with van der Waals surface area (Å²) >= 11 is 0. The number of amides is 2. The van der Waals surface area contributed by atoms with E-state index in [9.17, 15) is 9.18 Å². The molecular formula is C28H34FN5O. The molecule has 1 atom stereocenters. The predicted molar refractivity (Wildman–Crippen MR) is 140 cm³/mol. The van der Waals surface area contributed by atoms with Crippen LogP contribution in [-0.4, -0.2) is 35.6 Å². The molecule has 0 saturated carbocycles. The van der Waals surface area contributed by atoms with Crippen molar-refractivity contribution in [2.75, 3.05) is 29.4 Å². The lowest BCUT2D eigenvalue weighted by Crippen LogP contribution is -2.39. The summed E-state index contributed by atoms with van der Waals surface area (Å²) in [7, 11) is 0. The van der Waals surface area contributed by atoms with Gasteiger partial charge in [-0.15, -0.1) is 0 Å². The fourth-order valence-corrected chi connectivity index (χ4v) is 4.84. The highest BCUT2D eigenvalue weighted by Crippen LogP contribution is 2.36. The van der Waals surface area contributed by atoms with E-state index < -0.39 is 11.9 Å². The van der Waals surface area contributed by atoms with E-state index in [0.29, 0.717) is 24.0 Å². The van der Waals surface area contributed by atoms with E-state index in [-0.39, 0.29) is 5.70 Å². The molecular weight excluding hydrogens is 441 g/mol. The third-order valence-electron chi connectivity index (χ3n) is 6.78. The smallest absolute Gasteiger partial charge is 0.327 e. The van der Waals surface area contributed by atoms with Gasteiger partial charge in [0.1, 0.15) is 11.6 Å². The second-order valence-corrected chi connectivity index (χ2v) is 9.29. The lowest BCUT2D eigenvalue weighted by atomic mass is 9.98. The third-order valence-corrected chi connectivity index (χ3v) is 6.78. The molecule has 4 rings (SSSR count). The average Bonchev–Trinajstić information content (AvgIpc) is 3.19. The number of rotatable bonds is 5. The largest absolute Gasteiger partial charge is 0.371 e. The lowest BCUT2D eigenvalue weighted by molar-refractivity contribution is 0.248. The molecule has 1 saturated heterocycles. The van der Waals surface area contributed by atoms with Crippen molar-refractivity contribution in [3.05, 3.63) is 77.2 Å². The Bertz CT molecular complexity index is 1170. The zero-order valence-corrected chi connectivity index (χ0v) is 20.9. The number of allylic oxidation sites excluding steroid dienone is 2. The van der Waals surface area contributed by atoms with Gasteiger partial charge in [-0.25, -0.2) is 14.2 Å². The van der Waals surface area contributed by atoms with Crippen molar-refractivity contribution in [2.45, 2.75) is 46.5 Å². The molecule has 2 aliphatic rings. The molecule has 0 bridgehead atoms. The van der Waals surface area contributed by atoms with Crippen LogP contribution in [0.3, 0.4) is 0 Å². The van der Waals surface area contributed by atoms with E-state index in [2.05, 4.69) is 39.8 Å². The molecule has 2 aromatic heterocycles. The second-order valence-electron chi connectivity index (χ2n) is 9.29. The SMILES string of the molecule is C=C1CCN(c2ccnc3c2CCN3C(=O)NC(=C/C)/C(F)=C\c2cccc(C)n2)C[C@H](CC)C1. The Hall–Kier alpha value is -3.48. The van der Waals surface area contributed by atoms with Gasteiger partial charge < -0.3 is 10.2 Å². The van der Waals surface area contributed by atoms with Gasteiger partial charge in [0.05, 0.1) is 11.4 Å². The van der Waals surface area contributed by atoms with E-state index in [1.807, 2.05) is 19.1 Å². The van der Waals surface area contributed by atoms with Crippen LogP contribution in [0.15, 0.2) is 60.2 Å². The van der Waals surface area contributed by atoms with Crippen LogP contribution in [0.4, 0.5) is 20.7 Å². The summed E-state index contributed by atoms with van der Waals surface area (Å²) < 4.78 is 15.0. The van der Waals surface area contributed by atoms with Gasteiger partial charge in [-0.05, 0) is 57.2 Å². The molecule has 1 fully saturated rings. The minimum Gasteiger partial charge on any atom is -0.371 e. The molecule has 0 unspecified atom stereocenters. The maximum atomic E-state index is 15.0. The zero-order valence-electron chi connectivity index (χ0n) is 20.9. The maximum Gasteiger partial charge on any atom is 0.327 e. The van der Waals surface area contributed by atoms with Crippen LogP contribution in [0.5, 0.6) is 0 Å². The first-order valence-corrected chi connectivity index (χ1v) is 12.3. The van der Waals surface area contributed by atoms with Crippen molar-refractivity contribution < 1.29 is 9.18 Å². The molecule has 2 amide bonds. The van der Waals surface area contributed by atoms with E-state index >= 15 is 0 Å². The fourth-order valence-electron chi connectivity index (χ4n) is 4.84. The number of nitrogens with zero attached hydrogens (tertiary/aromatic N) is 4. The molecule has 35 heavy (non-hydrogen) atoms. The van der Waals surface area contributed by atoms with Gasteiger partial charge in [0.15, 0.2) is 0 Å². The molecule has 7 heteroatoms. The summed E-state index contributed by atoms with van der Waals surface area (Å²) in [6.45, 7) is 12.4. The van der Waals surface area contributed by atoms with Crippen LogP contribution in [0, 0.1) is 12.8 Å².